The van der Waals surface area contributed by atoms with Crippen molar-refractivity contribution in [3.8, 4) is 16.9 Å². The Kier molecular flexibility index (Phi) is 8.15. The molecule has 3 rings (SSSR count). The first kappa shape index (κ1) is 24.1. The first-order valence-corrected chi connectivity index (χ1v) is 11.3. The van der Waals surface area contributed by atoms with E-state index in [1.165, 1.54) is 0 Å². The minimum Gasteiger partial charge on any atom is -0.491 e. The first-order chi connectivity index (χ1) is 15.3. The van der Waals surface area contributed by atoms with Gasteiger partial charge in [-0.1, -0.05) is 43.3 Å². The molecule has 1 fully saturated rings. The van der Waals surface area contributed by atoms with Gasteiger partial charge in [-0.3, -0.25) is 0 Å². The number of carbonyl (C=O) groups excluding carboxylic acids is 1. The van der Waals surface area contributed by atoms with E-state index >= 15 is 0 Å². The second kappa shape index (κ2) is 10.8. The van der Waals surface area contributed by atoms with Gasteiger partial charge in [0.2, 0.25) is 0 Å². The van der Waals surface area contributed by atoms with Crippen LogP contribution in [0.1, 0.15) is 39.2 Å². The van der Waals surface area contributed by atoms with Gasteiger partial charge >= 0.3 is 6.09 Å². The van der Waals surface area contributed by atoms with Crippen LogP contribution in [0.5, 0.6) is 5.75 Å². The number of amides is 1. The fourth-order valence-corrected chi connectivity index (χ4v) is 4.17. The van der Waals surface area contributed by atoms with Crippen molar-refractivity contribution < 1.29 is 19.0 Å². The standard InChI is InChI=1S/C26H36N2O4/c1-18-15-21(16-18)24(17-27)32-25(29)28-26(2,3)22-9-5-19(6-10-22)20-7-11-23(12-8-20)31-14-13-30-4/h5-12,18,21,24H,13-17,27H2,1-4H3,(H,28,29). The molecule has 6 nitrogen and oxygen atoms in total. The number of alkyl carbamates (subject to hydrolysis) is 1. The number of carbonyl (C=O) groups is 1. The molecule has 1 unspecified atom stereocenters. The molecule has 0 aromatic heterocycles. The van der Waals surface area contributed by atoms with Gasteiger partial charge in [0.15, 0.2) is 0 Å². The van der Waals surface area contributed by atoms with Crippen molar-refractivity contribution in [1.29, 1.82) is 0 Å². The highest BCUT2D eigenvalue weighted by Gasteiger charge is 2.35. The van der Waals surface area contributed by atoms with Gasteiger partial charge in [0.1, 0.15) is 18.5 Å². The maximum Gasteiger partial charge on any atom is 0.408 e. The molecule has 1 aliphatic carbocycles. The first-order valence-electron chi connectivity index (χ1n) is 11.3. The van der Waals surface area contributed by atoms with Crippen LogP contribution < -0.4 is 15.8 Å². The maximum absolute atomic E-state index is 12.5. The molecule has 0 radical (unpaired) electrons. The Morgan fingerprint density at radius 3 is 2.19 bits per heavy atom. The van der Waals surface area contributed by atoms with Crippen molar-refractivity contribution in [1.82, 2.24) is 5.32 Å². The lowest BCUT2D eigenvalue weighted by Gasteiger charge is -2.38. The van der Waals surface area contributed by atoms with E-state index in [2.05, 4.69) is 24.4 Å². The van der Waals surface area contributed by atoms with Crippen LogP contribution in [0.25, 0.3) is 11.1 Å². The topological polar surface area (TPSA) is 82.8 Å². The molecule has 1 atom stereocenters. The Labute approximate surface area is 191 Å². The van der Waals surface area contributed by atoms with Crippen LogP contribution in [0.15, 0.2) is 48.5 Å². The number of hydrogen-bond acceptors (Lipinski definition) is 5. The summed E-state index contributed by atoms with van der Waals surface area (Å²) in [6, 6.07) is 16.2. The van der Waals surface area contributed by atoms with Crippen LogP contribution in [0.4, 0.5) is 4.79 Å². The van der Waals surface area contributed by atoms with Crippen LogP contribution in [0.3, 0.4) is 0 Å². The van der Waals surface area contributed by atoms with E-state index in [0.29, 0.717) is 31.6 Å². The third-order valence-corrected chi connectivity index (χ3v) is 6.19. The summed E-state index contributed by atoms with van der Waals surface area (Å²) in [4.78, 5) is 12.5. The molecule has 6 heteroatoms. The SMILES string of the molecule is COCCOc1ccc(-c2ccc(C(C)(C)NC(=O)OC(CN)C3CC(C)C3)cc2)cc1. The van der Waals surface area contributed by atoms with Gasteiger partial charge in [0.05, 0.1) is 12.1 Å². The Morgan fingerprint density at radius 1 is 1.06 bits per heavy atom. The van der Waals surface area contributed by atoms with Gasteiger partial charge in [0, 0.05) is 13.7 Å². The molecule has 2 aromatic rings. The Bertz CT molecular complexity index is 858. The molecule has 1 amide bonds. The minimum absolute atomic E-state index is 0.217. The van der Waals surface area contributed by atoms with E-state index in [1.54, 1.807) is 7.11 Å². The van der Waals surface area contributed by atoms with Gasteiger partial charge in [-0.05, 0) is 67.3 Å². The van der Waals surface area contributed by atoms with E-state index in [4.69, 9.17) is 19.9 Å². The molecule has 3 N–H and O–H groups in total. The summed E-state index contributed by atoms with van der Waals surface area (Å²) >= 11 is 0. The smallest absolute Gasteiger partial charge is 0.408 e. The minimum atomic E-state index is -0.569. The van der Waals surface area contributed by atoms with Crippen molar-refractivity contribution >= 4 is 6.09 Å². The molecule has 0 spiro atoms. The summed E-state index contributed by atoms with van der Waals surface area (Å²) in [5, 5.41) is 3.00. The fraction of sp³-hybridized carbons (Fsp3) is 0.500. The third-order valence-electron chi connectivity index (χ3n) is 6.19. The zero-order valence-corrected chi connectivity index (χ0v) is 19.6. The molecule has 174 valence electrons. The number of ether oxygens (including phenoxy) is 3. The fourth-order valence-electron chi connectivity index (χ4n) is 4.17. The maximum atomic E-state index is 12.5. The number of rotatable bonds is 10. The molecule has 2 aromatic carbocycles. The zero-order chi connectivity index (χ0) is 23.1. The van der Waals surface area contributed by atoms with Crippen LogP contribution in [-0.2, 0) is 15.0 Å². The number of methoxy groups -OCH3 is 1. The highest BCUT2D eigenvalue weighted by Crippen LogP contribution is 2.36. The molecule has 0 saturated heterocycles. The average Bonchev–Trinajstić information content (AvgIpc) is 2.76. The van der Waals surface area contributed by atoms with Gasteiger partial charge < -0.3 is 25.3 Å². The second-order valence-electron chi connectivity index (χ2n) is 9.21. The second-order valence-corrected chi connectivity index (χ2v) is 9.21. The van der Waals surface area contributed by atoms with E-state index in [0.717, 1.165) is 35.3 Å². The summed E-state index contributed by atoms with van der Waals surface area (Å²) < 4.78 is 16.3. The lowest BCUT2D eigenvalue weighted by atomic mass is 9.73. The van der Waals surface area contributed by atoms with Gasteiger partial charge in [-0.2, -0.15) is 0 Å². The molecule has 0 aliphatic heterocycles. The molecule has 1 saturated carbocycles. The summed E-state index contributed by atoms with van der Waals surface area (Å²) in [6.45, 7) is 7.60. The van der Waals surface area contributed by atoms with Crippen LogP contribution in [0.2, 0.25) is 0 Å². The van der Waals surface area contributed by atoms with Crippen molar-refractivity contribution in [3.63, 3.8) is 0 Å². The van der Waals surface area contributed by atoms with Crippen molar-refractivity contribution in [3.05, 3.63) is 54.1 Å². The largest absolute Gasteiger partial charge is 0.491 e. The molecule has 1 aliphatic rings. The average molecular weight is 441 g/mol. The number of benzene rings is 2. The van der Waals surface area contributed by atoms with E-state index in [9.17, 15) is 4.79 Å². The Hall–Kier alpha value is -2.57. The number of nitrogens with two attached hydrogens (primary N) is 1. The molecular weight excluding hydrogens is 404 g/mol. The van der Waals surface area contributed by atoms with Crippen molar-refractivity contribution in [2.75, 3.05) is 26.9 Å². The Morgan fingerprint density at radius 2 is 1.66 bits per heavy atom. The van der Waals surface area contributed by atoms with E-state index < -0.39 is 11.6 Å². The highest BCUT2D eigenvalue weighted by atomic mass is 16.6. The highest BCUT2D eigenvalue weighted by molar-refractivity contribution is 5.69. The molecular formula is C26H36N2O4. The lowest BCUT2D eigenvalue weighted by Crippen LogP contribution is -2.46. The van der Waals surface area contributed by atoms with E-state index in [-0.39, 0.29) is 6.10 Å². The number of hydrogen-bond donors (Lipinski definition) is 2. The van der Waals surface area contributed by atoms with Crippen LogP contribution in [-0.4, -0.2) is 39.1 Å². The lowest BCUT2D eigenvalue weighted by molar-refractivity contribution is 0.0148. The summed E-state index contributed by atoms with van der Waals surface area (Å²) in [6.07, 6.45) is 1.50. The number of nitrogens with one attached hydrogen (secondary N) is 1. The molecule has 0 heterocycles. The van der Waals surface area contributed by atoms with Crippen molar-refractivity contribution in [2.45, 2.75) is 45.3 Å². The van der Waals surface area contributed by atoms with Gasteiger partial charge in [-0.15, -0.1) is 0 Å². The molecule has 32 heavy (non-hydrogen) atoms. The summed E-state index contributed by atoms with van der Waals surface area (Å²) in [5.41, 5.74) is 8.47. The van der Waals surface area contributed by atoms with E-state index in [1.807, 2.05) is 50.2 Å². The Balaban J connectivity index is 1.58. The quantitative estimate of drug-likeness (QED) is 0.523. The van der Waals surface area contributed by atoms with Crippen LogP contribution in [0, 0.1) is 11.8 Å². The predicted octanol–water partition coefficient (Wildman–Crippen LogP) is 4.71. The normalized spacial score (nSPS) is 19.0. The predicted molar refractivity (Wildman–Crippen MR) is 127 cm³/mol. The summed E-state index contributed by atoms with van der Waals surface area (Å²) in [7, 11) is 1.66. The summed E-state index contributed by atoms with van der Waals surface area (Å²) in [5.74, 6) is 1.88. The monoisotopic (exact) mass is 440 g/mol. The third kappa shape index (κ3) is 6.24. The van der Waals surface area contributed by atoms with Gasteiger partial charge in [0.25, 0.3) is 0 Å². The van der Waals surface area contributed by atoms with Gasteiger partial charge in [-0.25, -0.2) is 4.79 Å². The van der Waals surface area contributed by atoms with Crippen molar-refractivity contribution in [2.24, 2.45) is 17.6 Å². The molecule has 0 bridgehead atoms. The zero-order valence-electron chi connectivity index (χ0n) is 19.6. The van der Waals surface area contributed by atoms with Crippen LogP contribution >= 0.6 is 0 Å².